The van der Waals surface area contributed by atoms with E-state index in [0.29, 0.717) is 20.8 Å². The number of anilines is 1. The average Bonchev–Trinajstić information content (AvgIpc) is 2.92. The Balaban J connectivity index is 2.01. The third-order valence-electron chi connectivity index (χ3n) is 3.72. The van der Waals surface area contributed by atoms with Crippen LogP contribution in [0.25, 0.3) is 6.08 Å². The summed E-state index contributed by atoms with van der Waals surface area (Å²) in [6.45, 7) is 3.30. The van der Waals surface area contributed by atoms with Gasteiger partial charge >= 0.3 is 0 Å². The minimum Gasteiger partial charge on any atom is -0.390 e. The van der Waals surface area contributed by atoms with Crippen LogP contribution < -0.4 is 4.90 Å². The summed E-state index contributed by atoms with van der Waals surface area (Å²) in [7, 11) is 0. The Morgan fingerprint density at radius 2 is 1.93 bits per heavy atom. The molecule has 1 heterocycles. The van der Waals surface area contributed by atoms with Crippen molar-refractivity contribution >= 4 is 57.8 Å². The first kappa shape index (κ1) is 20.9. The number of aliphatic hydroxyl groups is 1. The Morgan fingerprint density at radius 3 is 2.57 bits per heavy atom. The fourth-order valence-electron chi connectivity index (χ4n) is 2.44. The Morgan fingerprint density at radius 1 is 1.21 bits per heavy atom. The van der Waals surface area contributed by atoms with Crippen LogP contribution in [0.15, 0.2) is 53.2 Å². The summed E-state index contributed by atoms with van der Waals surface area (Å²) in [6.07, 6.45) is 1.57. The first-order valence-electron chi connectivity index (χ1n) is 8.35. The molecule has 0 fully saturated rings. The van der Waals surface area contributed by atoms with Gasteiger partial charge in [0.15, 0.2) is 5.17 Å². The van der Waals surface area contributed by atoms with Crippen molar-refractivity contribution in [2.45, 2.75) is 19.4 Å². The van der Waals surface area contributed by atoms with E-state index in [4.69, 9.17) is 23.2 Å². The molecule has 1 aliphatic heterocycles. The van der Waals surface area contributed by atoms with E-state index in [9.17, 15) is 14.3 Å². The van der Waals surface area contributed by atoms with Gasteiger partial charge in [0.25, 0.3) is 5.91 Å². The van der Waals surface area contributed by atoms with Crippen molar-refractivity contribution < 1.29 is 14.3 Å². The Bertz CT molecular complexity index is 986. The number of amidine groups is 1. The lowest BCUT2D eigenvalue weighted by molar-refractivity contribution is -0.113. The monoisotopic (exact) mass is 438 g/mol. The minimum atomic E-state index is -0.979. The SMILES string of the molecule is CC(C)(O)CSC1=NC(=Cc2ccc(Cl)c(Cl)c2)C(=O)N1c1ccccc1F. The number of aliphatic imine (C=N–C) groups is 1. The zero-order valence-electron chi connectivity index (χ0n) is 15.1. The normalized spacial score (nSPS) is 16.1. The molecular weight excluding hydrogens is 422 g/mol. The lowest BCUT2D eigenvalue weighted by atomic mass is 10.2. The summed E-state index contributed by atoms with van der Waals surface area (Å²) in [5, 5.41) is 11.1. The summed E-state index contributed by atoms with van der Waals surface area (Å²) < 4.78 is 14.4. The van der Waals surface area contributed by atoms with Crippen LogP contribution >= 0.6 is 35.0 Å². The van der Waals surface area contributed by atoms with Gasteiger partial charge in [-0.15, -0.1) is 0 Å². The quantitative estimate of drug-likeness (QED) is 0.651. The molecule has 0 unspecified atom stereocenters. The molecule has 0 spiro atoms. The number of amides is 1. The van der Waals surface area contributed by atoms with Gasteiger partial charge < -0.3 is 5.11 Å². The van der Waals surface area contributed by atoms with Gasteiger partial charge in [-0.3, -0.25) is 9.69 Å². The number of carbonyl (C=O) groups is 1. The highest BCUT2D eigenvalue weighted by Crippen LogP contribution is 2.32. The van der Waals surface area contributed by atoms with Gasteiger partial charge in [-0.05, 0) is 49.8 Å². The van der Waals surface area contributed by atoms with Crippen LogP contribution in [-0.4, -0.2) is 27.5 Å². The Hall–Kier alpha value is -1.86. The van der Waals surface area contributed by atoms with Gasteiger partial charge in [-0.25, -0.2) is 9.38 Å². The number of rotatable bonds is 4. The highest BCUT2D eigenvalue weighted by atomic mass is 35.5. The van der Waals surface area contributed by atoms with Crippen molar-refractivity contribution in [1.29, 1.82) is 0 Å². The van der Waals surface area contributed by atoms with Crippen LogP contribution in [0.5, 0.6) is 0 Å². The fraction of sp³-hybridized carbons (Fsp3) is 0.200. The van der Waals surface area contributed by atoms with Gasteiger partial charge in [0, 0.05) is 5.75 Å². The maximum atomic E-state index is 14.4. The van der Waals surface area contributed by atoms with Crippen molar-refractivity contribution in [3.8, 4) is 0 Å². The first-order chi connectivity index (χ1) is 13.2. The predicted molar refractivity (Wildman–Crippen MR) is 115 cm³/mol. The highest BCUT2D eigenvalue weighted by Gasteiger charge is 2.34. The highest BCUT2D eigenvalue weighted by molar-refractivity contribution is 8.14. The predicted octanol–water partition coefficient (Wildman–Crippen LogP) is 5.38. The van der Waals surface area contributed by atoms with Gasteiger partial charge in [0.1, 0.15) is 11.5 Å². The molecule has 0 atom stereocenters. The van der Waals surface area contributed by atoms with E-state index in [1.54, 1.807) is 50.3 Å². The molecule has 4 nitrogen and oxygen atoms in total. The Labute approximate surface area is 176 Å². The topological polar surface area (TPSA) is 52.9 Å². The molecule has 0 saturated heterocycles. The van der Waals surface area contributed by atoms with E-state index in [2.05, 4.69) is 4.99 Å². The molecular formula is C20H17Cl2FN2O2S. The van der Waals surface area contributed by atoms with Crippen LogP contribution in [-0.2, 0) is 4.79 Å². The molecule has 3 rings (SSSR count). The van der Waals surface area contributed by atoms with Crippen LogP contribution in [0.2, 0.25) is 10.0 Å². The molecule has 2 aromatic rings. The van der Waals surface area contributed by atoms with E-state index in [1.807, 2.05) is 0 Å². The number of nitrogens with zero attached hydrogens (tertiary/aromatic N) is 2. The largest absolute Gasteiger partial charge is 0.390 e. The summed E-state index contributed by atoms with van der Waals surface area (Å²) >= 11 is 13.1. The third kappa shape index (κ3) is 4.75. The molecule has 146 valence electrons. The van der Waals surface area contributed by atoms with E-state index >= 15 is 0 Å². The molecule has 0 aliphatic carbocycles. The van der Waals surface area contributed by atoms with Crippen LogP contribution in [0.4, 0.5) is 10.1 Å². The fourth-order valence-corrected chi connectivity index (χ4v) is 3.70. The smallest absolute Gasteiger partial charge is 0.283 e. The van der Waals surface area contributed by atoms with Crippen LogP contribution in [0.3, 0.4) is 0 Å². The van der Waals surface area contributed by atoms with E-state index < -0.39 is 17.3 Å². The second-order valence-electron chi connectivity index (χ2n) is 6.79. The molecule has 0 radical (unpaired) electrons. The molecule has 0 aromatic heterocycles. The van der Waals surface area contributed by atoms with Gasteiger partial charge in [0.05, 0.1) is 21.3 Å². The second kappa shape index (κ2) is 8.25. The number of hydrogen-bond acceptors (Lipinski definition) is 4. The number of para-hydroxylation sites is 1. The number of thioether (sulfide) groups is 1. The maximum Gasteiger partial charge on any atom is 0.283 e. The second-order valence-corrected chi connectivity index (χ2v) is 8.55. The van der Waals surface area contributed by atoms with Crippen molar-refractivity contribution in [2.24, 2.45) is 4.99 Å². The van der Waals surface area contributed by atoms with E-state index in [-0.39, 0.29) is 17.1 Å². The van der Waals surface area contributed by atoms with Crippen molar-refractivity contribution in [3.05, 3.63) is 69.6 Å². The van der Waals surface area contributed by atoms with Crippen molar-refractivity contribution in [3.63, 3.8) is 0 Å². The van der Waals surface area contributed by atoms with Crippen molar-refractivity contribution in [1.82, 2.24) is 0 Å². The molecule has 2 aromatic carbocycles. The van der Waals surface area contributed by atoms with Crippen LogP contribution in [0, 0.1) is 5.82 Å². The molecule has 0 bridgehead atoms. The number of benzene rings is 2. The van der Waals surface area contributed by atoms with Crippen molar-refractivity contribution in [2.75, 3.05) is 10.7 Å². The van der Waals surface area contributed by atoms with E-state index in [0.717, 1.165) is 0 Å². The first-order valence-corrected chi connectivity index (χ1v) is 10.1. The van der Waals surface area contributed by atoms with Gasteiger partial charge in [-0.1, -0.05) is 53.2 Å². The van der Waals surface area contributed by atoms with Gasteiger partial charge in [-0.2, -0.15) is 0 Å². The lowest BCUT2D eigenvalue weighted by Crippen LogP contribution is -2.33. The molecule has 1 N–H and O–H groups in total. The summed E-state index contributed by atoms with van der Waals surface area (Å²) in [5.74, 6) is -0.720. The third-order valence-corrected chi connectivity index (χ3v) is 5.85. The molecule has 1 amide bonds. The summed E-state index contributed by atoms with van der Waals surface area (Å²) in [4.78, 5) is 18.6. The summed E-state index contributed by atoms with van der Waals surface area (Å²) in [6, 6.07) is 10.9. The zero-order chi connectivity index (χ0) is 20.5. The summed E-state index contributed by atoms with van der Waals surface area (Å²) in [5.41, 5.74) is -0.0940. The molecule has 8 heteroatoms. The average molecular weight is 439 g/mol. The minimum absolute atomic E-state index is 0.104. The number of carbonyl (C=O) groups excluding carboxylic acids is 1. The number of hydrogen-bond donors (Lipinski definition) is 1. The Kier molecular flexibility index (Phi) is 6.15. The van der Waals surface area contributed by atoms with E-state index in [1.165, 1.54) is 28.8 Å². The van der Waals surface area contributed by atoms with Crippen LogP contribution in [0.1, 0.15) is 19.4 Å². The zero-order valence-corrected chi connectivity index (χ0v) is 17.4. The molecule has 1 aliphatic rings. The molecule has 0 saturated carbocycles. The molecule has 28 heavy (non-hydrogen) atoms. The van der Waals surface area contributed by atoms with Gasteiger partial charge in [0.2, 0.25) is 0 Å². The maximum absolute atomic E-state index is 14.4. The standard InChI is InChI=1S/C20H17Cl2FN2O2S/c1-20(2,27)11-28-19-24-16(10-12-7-8-13(21)14(22)9-12)18(26)25(19)17-6-4-3-5-15(17)23/h3-10,27H,11H2,1-2H3. The lowest BCUT2D eigenvalue weighted by Gasteiger charge is -2.21. The number of halogens is 3.